The molecular formula is C21H19NO6. The number of benzene rings is 2. The highest BCUT2D eigenvalue weighted by atomic mass is 16.7. The number of amides is 1. The maximum absolute atomic E-state index is 12.5. The van der Waals surface area contributed by atoms with Crippen LogP contribution in [0.1, 0.15) is 15.9 Å². The van der Waals surface area contributed by atoms with Gasteiger partial charge in [0, 0.05) is 5.56 Å². The summed E-state index contributed by atoms with van der Waals surface area (Å²) in [5, 5.41) is 2.60. The van der Waals surface area contributed by atoms with Gasteiger partial charge in [-0.2, -0.15) is 0 Å². The molecule has 1 heterocycles. The molecule has 0 bridgehead atoms. The van der Waals surface area contributed by atoms with E-state index in [1.54, 1.807) is 42.5 Å². The Kier molecular flexibility index (Phi) is 5.96. The first-order chi connectivity index (χ1) is 13.6. The predicted molar refractivity (Wildman–Crippen MR) is 102 cm³/mol. The van der Waals surface area contributed by atoms with E-state index in [9.17, 15) is 9.59 Å². The SMILES string of the molecule is C=CCOC(=O)/C(=C/c1ccc2c(c1)OCO2)NC(=O)c1ccc(OC)cc1. The van der Waals surface area contributed by atoms with Gasteiger partial charge in [-0.3, -0.25) is 4.79 Å². The van der Waals surface area contributed by atoms with Crippen LogP contribution in [0.5, 0.6) is 17.2 Å². The fourth-order valence-electron chi connectivity index (χ4n) is 2.46. The third-order valence-corrected chi connectivity index (χ3v) is 3.86. The molecule has 0 aromatic heterocycles. The molecule has 1 aliphatic rings. The van der Waals surface area contributed by atoms with Crippen LogP contribution < -0.4 is 19.5 Å². The van der Waals surface area contributed by atoms with Crippen molar-refractivity contribution >= 4 is 18.0 Å². The first-order valence-electron chi connectivity index (χ1n) is 8.45. The molecule has 1 N–H and O–H groups in total. The lowest BCUT2D eigenvalue weighted by Crippen LogP contribution is -2.28. The van der Waals surface area contributed by atoms with E-state index < -0.39 is 11.9 Å². The largest absolute Gasteiger partial charge is 0.497 e. The van der Waals surface area contributed by atoms with Gasteiger partial charge < -0.3 is 24.3 Å². The van der Waals surface area contributed by atoms with Crippen molar-refractivity contribution in [3.8, 4) is 17.2 Å². The molecule has 0 fully saturated rings. The van der Waals surface area contributed by atoms with E-state index in [0.29, 0.717) is 28.4 Å². The number of ether oxygens (including phenoxy) is 4. The number of nitrogens with one attached hydrogen (secondary N) is 1. The van der Waals surface area contributed by atoms with Gasteiger partial charge in [-0.15, -0.1) is 0 Å². The van der Waals surface area contributed by atoms with Gasteiger partial charge >= 0.3 is 5.97 Å². The summed E-state index contributed by atoms with van der Waals surface area (Å²) < 4.78 is 20.8. The van der Waals surface area contributed by atoms with Crippen LogP contribution in [0.4, 0.5) is 0 Å². The Balaban J connectivity index is 1.84. The molecule has 28 heavy (non-hydrogen) atoms. The standard InChI is InChI=1S/C21H19NO6/c1-3-10-26-21(24)17(11-14-4-9-18-19(12-14)28-13-27-18)22-20(23)15-5-7-16(25-2)8-6-15/h3-9,11-12H,1,10,13H2,2H3,(H,22,23)/b17-11-. The van der Waals surface area contributed by atoms with E-state index in [-0.39, 0.29) is 19.1 Å². The summed E-state index contributed by atoms with van der Waals surface area (Å²) >= 11 is 0. The molecule has 1 aliphatic heterocycles. The summed E-state index contributed by atoms with van der Waals surface area (Å²) in [5.41, 5.74) is 1.00. The number of methoxy groups -OCH3 is 1. The molecule has 7 nitrogen and oxygen atoms in total. The van der Waals surface area contributed by atoms with Crippen molar-refractivity contribution in [2.45, 2.75) is 0 Å². The second-order valence-electron chi connectivity index (χ2n) is 5.74. The monoisotopic (exact) mass is 381 g/mol. The summed E-state index contributed by atoms with van der Waals surface area (Å²) in [7, 11) is 1.54. The highest BCUT2D eigenvalue weighted by molar-refractivity contribution is 6.03. The Bertz CT molecular complexity index is 917. The molecule has 0 spiro atoms. The van der Waals surface area contributed by atoms with Crippen molar-refractivity contribution in [1.82, 2.24) is 5.32 Å². The van der Waals surface area contributed by atoms with Crippen molar-refractivity contribution in [3.63, 3.8) is 0 Å². The van der Waals surface area contributed by atoms with E-state index in [2.05, 4.69) is 11.9 Å². The lowest BCUT2D eigenvalue weighted by Gasteiger charge is -2.10. The first-order valence-corrected chi connectivity index (χ1v) is 8.45. The summed E-state index contributed by atoms with van der Waals surface area (Å²) in [5.74, 6) is 0.673. The second kappa shape index (κ2) is 8.77. The van der Waals surface area contributed by atoms with E-state index in [0.717, 1.165) is 0 Å². The third-order valence-electron chi connectivity index (χ3n) is 3.86. The molecule has 144 valence electrons. The van der Waals surface area contributed by atoms with Crippen molar-refractivity contribution < 1.29 is 28.5 Å². The highest BCUT2D eigenvalue weighted by Gasteiger charge is 2.18. The van der Waals surface area contributed by atoms with Gasteiger partial charge in [-0.05, 0) is 48.0 Å². The molecule has 2 aromatic carbocycles. The minimum absolute atomic E-state index is 0.0125. The normalized spacial score (nSPS) is 12.2. The molecular weight excluding hydrogens is 362 g/mol. The van der Waals surface area contributed by atoms with Crippen molar-refractivity contribution in [3.05, 3.63) is 71.9 Å². The molecule has 0 saturated carbocycles. The number of carbonyl (C=O) groups is 2. The minimum atomic E-state index is -0.681. The fourth-order valence-corrected chi connectivity index (χ4v) is 2.46. The molecule has 0 atom stereocenters. The van der Waals surface area contributed by atoms with Crippen molar-refractivity contribution in [2.24, 2.45) is 0 Å². The maximum Gasteiger partial charge on any atom is 0.355 e. The predicted octanol–water partition coefficient (Wildman–Crippen LogP) is 2.92. The summed E-state index contributed by atoms with van der Waals surface area (Å²) in [6.45, 7) is 3.68. The number of hydrogen-bond acceptors (Lipinski definition) is 6. The number of esters is 1. The molecule has 0 saturated heterocycles. The van der Waals surface area contributed by atoms with Crippen LogP contribution in [0.2, 0.25) is 0 Å². The molecule has 7 heteroatoms. The highest BCUT2D eigenvalue weighted by Crippen LogP contribution is 2.33. The van der Waals surface area contributed by atoms with Crippen LogP contribution in [0.15, 0.2) is 60.8 Å². The third kappa shape index (κ3) is 4.50. The van der Waals surface area contributed by atoms with Gasteiger partial charge in [0.15, 0.2) is 11.5 Å². The van der Waals surface area contributed by atoms with Gasteiger partial charge in [0.1, 0.15) is 18.1 Å². The average Bonchev–Trinajstić information content (AvgIpc) is 3.19. The zero-order chi connectivity index (χ0) is 19.9. The lowest BCUT2D eigenvalue weighted by atomic mass is 10.1. The van der Waals surface area contributed by atoms with Gasteiger partial charge in [0.25, 0.3) is 5.91 Å². The van der Waals surface area contributed by atoms with Gasteiger partial charge in [-0.1, -0.05) is 18.7 Å². The van der Waals surface area contributed by atoms with Crippen LogP contribution in [-0.2, 0) is 9.53 Å². The Labute approximate surface area is 162 Å². The maximum atomic E-state index is 12.5. The summed E-state index contributed by atoms with van der Waals surface area (Å²) in [6.07, 6.45) is 2.95. The average molecular weight is 381 g/mol. The topological polar surface area (TPSA) is 83.1 Å². The Morgan fingerprint density at radius 3 is 2.61 bits per heavy atom. The minimum Gasteiger partial charge on any atom is -0.497 e. The van der Waals surface area contributed by atoms with Crippen LogP contribution >= 0.6 is 0 Å². The zero-order valence-electron chi connectivity index (χ0n) is 15.3. The molecule has 0 radical (unpaired) electrons. The smallest absolute Gasteiger partial charge is 0.355 e. The Morgan fingerprint density at radius 1 is 1.14 bits per heavy atom. The molecule has 0 aliphatic carbocycles. The number of carbonyl (C=O) groups excluding carboxylic acids is 2. The van der Waals surface area contributed by atoms with E-state index >= 15 is 0 Å². The van der Waals surface area contributed by atoms with Crippen LogP contribution in [-0.4, -0.2) is 32.4 Å². The quantitative estimate of drug-likeness (QED) is 0.451. The van der Waals surface area contributed by atoms with E-state index in [4.69, 9.17) is 18.9 Å². The van der Waals surface area contributed by atoms with E-state index in [1.165, 1.54) is 19.3 Å². The van der Waals surface area contributed by atoms with Crippen LogP contribution in [0.25, 0.3) is 6.08 Å². The van der Waals surface area contributed by atoms with Crippen molar-refractivity contribution in [1.29, 1.82) is 0 Å². The zero-order valence-corrected chi connectivity index (χ0v) is 15.3. The second-order valence-corrected chi connectivity index (χ2v) is 5.74. The summed E-state index contributed by atoms with van der Waals surface area (Å²) in [6, 6.07) is 11.7. The lowest BCUT2D eigenvalue weighted by molar-refractivity contribution is -0.138. The number of hydrogen-bond donors (Lipinski definition) is 1. The van der Waals surface area contributed by atoms with Crippen LogP contribution in [0.3, 0.4) is 0 Å². The van der Waals surface area contributed by atoms with Crippen molar-refractivity contribution in [2.75, 3.05) is 20.5 Å². The molecule has 3 rings (SSSR count). The van der Waals surface area contributed by atoms with Gasteiger partial charge in [-0.25, -0.2) is 4.79 Å². The summed E-state index contributed by atoms with van der Waals surface area (Å²) in [4.78, 5) is 24.9. The van der Waals surface area contributed by atoms with Gasteiger partial charge in [0.05, 0.1) is 7.11 Å². The van der Waals surface area contributed by atoms with Gasteiger partial charge in [0.2, 0.25) is 6.79 Å². The van der Waals surface area contributed by atoms with Crippen LogP contribution in [0, 0.1) is 0 Å². The fraction of sp³-hybridized carbons (Fsp3) is 0.143. The molecule has 0 unspecified atom stereocenters. The number of rotatable bonds is 7. The number of fused-ring (bicyclic) bond motifs is 1. The first kappa shape index (κ1) is 19.0. The van der Waals surface area contributed by atoms with E-state index in [1.807, 2.05) is 0 Å². The molecule has 2 aromatic rings. The Hall–Kier alpha value is -3.74. The Morgan fingerprint density at radius 2 is 1.89 bits per heavy atom. The molecule has 1 amide bonds.